The van der Waals surface area contributed by atoms with Gasteiger partial charge in [0, 0.05) is 0 Å². The third kappa shape index (κ3) is 16.3. The molecule has 0 amide bonds. The zero-order valence-corrected chi connectivity index (χ0v) is 26.7. The number of rotatable bonds is 25. The molecule has 0 radical (unpaired) electrons. The predicted molar refractivity (Wildman–Crippen MR) is 168 cm³/mol. The fourth-order valence-electron chi connectivity index (χ4n) is 4.46. The van der Waals surface area contributed by atoms with Gasteiger partial charge in [-0.15, -0.1) is 0 Å². The molecule has 0 bridgehead atoms. The molecule has 12 heteroatoms. The van der Waals surface area contributed by atoms with Crippen LogP contribution in [0.1, 0.15) is 110 Å². The van der Waals surface area contributed by atoms with Gasteiger partial charge in [0.1, 0.15) is 18.2 Å². The van der Waals surface area contributed by atoms with Crippen molar-refractivity contribution in [1.29, 1.82) is 0 Å². The van der Waals surface area contributed by atoms with E-state index in [9.17, 15) is 9.46 Å². The van der Waals surface area contributed by atoms with Gasteiger partial charge in [0.2, 0.25) is 0 Å². The number of anilines is 1. The van der Waals surface area contributed by atoms with Crippen molar-refractivity contribution < 1.29 is 18.7 Å². The van der Waals surface area contributed by atoms with Crippen LogP contribution in [0.5, 0.6) is 0 Å². The lowest BCUT2D eigenvalue weighted by Gasteiger charge is -2.17. The smallest absolute Gasteiger partial charge is 0.353 e. The Balaban J connectivity index is 0.00000800. The number of imidazole rings is 1. The van der Waals surface area contributed by atoms with Gasteiger partial charge in [0.05, 0.1) is 25.6 Å². The minimum Gasteiger partial charge on any atom is -0.382 e. The monoisotopic (exact) mass is 602 g/mol. The summed E-state index contributed by atoms with van der Waals surface area (Å²) in [6.45, 7) is 4.80. The van der Waals surface area contributed by atoms with Crippen LogP contribution >= 0.6 is 19.4 Å². The normalized spacial score (nSPS) is 13.8. The van der Waals surface area contributed by atoms with Gasteiger partial charge >= 0.3 is 7.60 Å². The Hall–Kier alpha value is -1.23. The molecule has 0 spiro atoms. The number of fused-ring (bicyclic) bond motifs is 1. The summed E-state index contributed by atoms with van der Waals surface area (Å²) >= 11 is 2.12. The van der Waals surface area contributed by atoms with Crippen molar-refractivity contribution in [2.75, 3.05) is 30.2 Å². The highest BCUT2D eigenvalue weighted by molar-refractivity contribution is 7.99. The number of hydrogen-bond donors (Lipinski definition) is 3. The highest BCUT2D eigenvalue weighted by atomic mass is 32.2. The maximum atomic E-state index is 12.3. The topological polar surface area (TPSA) is 160 Å². The molecular weight excluding hydrogens is 547 g/mol. The zero-order valence-electron chi connectivity index (χ0n) is 25.0. The fraction of sp³-hybridized carbons (Fsp3) is 0.821. The largest absolute Gasteiger partial charge is 0.382 e. The number of nitrogens with zero attached hydrogens (tertiary/aromatic N) is 4. The van der Waals surface area contributed by atoms with E-state index < -0.39 is 7.60 Å². The summed E-state index contributed by atoms with van der Waals surface area (Å²) < 4.78 is 24.9. The van der Waals surface area contributed by atoms with E-state index in [1.54, 1.807) is 10.9 Å². The second-order valence-electron chi connectivity index (χ2n) is 10.5. The molecule has 0 aliphatic heterocycles. The number of hydrogen-bond acceptors (Lipinski definition) is 9. The summed E-state index contributed by atoms with van der Waals surface area (Å²) in [5, 5.41) is 0. The van der Waals surface area contributed by atoms with Crippen LogP contribution in [0.15, 0.2) is 12.7 Å². The molecule has 2 heterocycles. The van der Waals surface area contributed by atoms with Gasteiger partial charge in [0.15, 0.2) is 11.5 Å². The van der Waals surface area contributed by atoms with Crippen molar-refractivity contribution in [1.82, 2.24) is 25.7 Å². The van der Waals surface area contributed by atoms with E-state index in [1.165, 1.54) is 94.9 Å². The van der Waals surface area contributed by atoms with Crippen LogP contribution in [0.3, 0.4) is 0 Å². The van der Waals surface area contributed by atoms with E-state index in [0.29, 0.717) is 23.5 Å². The van der Waals surface area contributed by atoms with Crippen molar-refractivity contribution in [2.45, 2.75) is 123 Å². The van der Waals surface area contributed by atoms with Crippen molar-refractivity contribution in [3.8, 4) is 0 Å². The first-order valence-electron chi connectivity index (χ1n) is 15.0. The highest BCUT2D eigenvalue weighted by Crippen LogP contribution is 2.42. The summed E-state index contributed by atoms with van der Waals surface area (Å²) in [4.78, 5) is 22.4. The summed E-state index contributed by atoms with van der Waals surface area (Å²) in [6.07, 6.45) is 21.6. The van der Waals surface area contributed by atoms with E-state index in [0.717, 1.165) is 19.3 Å². The van der Waals surface area contributed by atoms with Gasteiger partial charge in [-0.25, -0.2) is 15.0 Å². The Kier molecular flexibility index (Phi) is 20.6. The molecule has 2 aromatic heterocycles. The quantitative estimate of drug-likeness (QED) is 0.0757. The molecule has 0 saturated carbocycles. The average molecular weight is 603 g/mol. The van der Waals surface area contributed by atoms with Gasteiger partial charge in [-0.3, -0.25) is 4.57 Å². The minimum absolute atomic E-state index is 0. The molecule has 6 N–H and O–H groups in total. The van der Waals surface area contributed by atoms with Crippen LogP contribution in [0, 0.1) is 0 Å². The van der Waals surface area contributed by atoms with Gasteiger partial charge in [-0.05, 0) is 37.7 Å². The Morgan fingerprint density at radius 1 is 0.925 bits per heavy atom. The number of nitrogens with two attached hydrogens (primary N) is 1. The summed E-state index contributed by atoms with van der Waals surface area (Å²) in [6, 6.07) is 0. The van der Waals surface area contributed by atoms with E-state index in [-0.39, 0.29) is 25.2 Å². The van der Waals surface area contributed by atoms with Crippen LogP contribution in [0.2, 0.25) is 0 Å². The lowest BCUT2D eigenvalue weighted by molar-refractivity contribution is 0.0715. The van der Waals surface area contributed by atoms with E-state index in [1.807, 2.05) is 6.92 Å². The van der Waals surface area contributed by atoms with Crippen molar-refractivity contribution >= 4 is 36.3 Å². The number of unbranched alkanes of at least 4 members (excludes halogenated alkanes) is 13. The van der Waals surface area contributed by atoms with Crippen LogP contribution in [0.25, 0.3) is 11.2 Å². The molecule has 1 unspecified atom stereocenters. The molecule has 0 aliphatic rings. The van der Waals surface area contributed by atoms with E-state index in [4.69, 9.17) is 15.0 Å². The second-order valence-corrected chi connectivity index (χ2v) is 13.5. The Labute approximate surface area is 246 Å². The summed E-state index contributed by atoms with van der Waals surface area (Å²) in [7, 11) is -3.78. The van der Waals surface area contributed by atoms with Gasteiger partial charge < -0.3 is 30.6 Å². The first kappa shape index (κ1) is 36.8. The molecule has 40 heavy (non-hydrogen) atoms. The molecular formula is C28H55N6O4PS. The predicted octanol–water partition coefficient (Wildman–Crippen LogP) is 7.74. The SMILES string of the molecule is CCCCCCCCCCSCCCCCCCCCOP(=O)(O)CO[C@H](C)Cn1cnc2c(N)ncnc21.N. The van der Waals surface area contributed by atoms with Crippen molar-refractivity contribution in [2.24, 2.45) is 0 Å². The summed E-state index contributed by atoms with van der Waals surface area (Å²) in [5.74, 6) is 2.93. The number of ether oxygens (including phenoxy) is 1. The van der Waals surface area contributed by atoms with Crippen molar-refractivity contribution in [3.05, 3.63) is 12.7 Å². The Morgan fingerprint density at radius 2 is 1.50 bits per heavy atom. The lowest BCUT2D eigenvalue weighted by atomic mass is 10.1. The van der Waals surface area contributed by atoms with Gasteiger partial charge in [-0.2, -0.15) is 11.8 Å². The maximum absolute atomic E-state index is 12.3. The van der Waals surface area contributed by atoms with Crippen LogP contribution in [-0.2, 0) is 20.4 Å². The molecule has 2 aromatic rings. The molecule has 232 valence electrons. The third-order valence-corrected chi connectivity index (χ3v) is 8.99. The Morgan fingerprint density at radius 3 is 2.12 bits per heavy atom. The Bertz CT molecular complexity index is 951. The van der Waals surface area contributed by atoms with Crippen LogP contribution < -0.4 is 11.9 Å². The van der Waals surface area contributed by atoms with E-state index in [2.05, 4.69) is 33.6 Å². The number of thioether (sulfide) groups is 1. The first-order chi connectivity index (χ1) is 18.9. The van der Waals surface area contributed by atoms with Gasteiger partial charge in [0.25, 0.3) is 0 Å². The average Bonchev–Trinajstić information content (AvgIpc) is 3.32. The van der Waals surface area contributed by atoms with E-state index >= 15 is 0 Å². The maximum Gasteiger partial charge on any atom is 0.353 e. The fourth-order valence-corrected chi connectivity index (χ4v) is 6.41. The highest BCUT2D eigenvalue weighted by Gasteiger charge is 2.21. The molecule has 2 atom stereocenters. The standard InChI is InChI=1S/C28H52N5O4PS.H3N/c1-3-4-5-6-7-10-13-16-19-39-20-17-14-11-8-9-12-15-18-37-38(34,35)24-36-25(2)21-33-23-32-26-27(29)30-22-31-28(26)33;/h22-23,25H,3-21,24H2,1-2H3,(H,34,35)(H2,29,30,31);1H3/t25-;/m1./s1. The second kappa shape index (κ2) is 22.4. The third-order valence-electron chi connectivity index (χ3n) is 6.77. The van der Waals surface area contributed by atoms with Crippen LogP contribution in [-0.4, -0.2) is 55.0 Å². The van der Waals surface area contributed by atoms with Crippen molar-refractivity contribution in [3.63, 3.8) is 0 Å². The lowest BCUT2D eigenvalue weighted by Crippen LogP contribution is -2.17. The zero-order chi connectivity index (χ0) is 28.2. The number of aromatic nitrogens is 4. The first-order valence-corrected chi connectivity index (χ1v) is 17.9. The minimum atomic E-state index is -3.78. The van der Waals surface area contributed by atoms with Gasteiger partial charge in [-0.1, -0.05) is 84.0 Å². The molecule has 2 rings (SSSR count). The molecule has 10 nitrogen and oxygen atoms in total. The molecule has 0 aliphatic carbocycles. The number of nitrogen functional groups attached to an aromatic ring is 1. The molecule has 0 saturated heterocycles. The molecule has 0 aromatic carbocycles. The summed E-state index contributed by atoms with van der Waals surface area (Å²) in [5.41, 5.74) is 6.95. The molecule has 0 fully saturated rings. The van der Waals surface area contributed by atoms with Crippen LogP contribution in [0.4, 0.5) is 5.82 Å².